The number of benzene rings is 5. The molecule has 0 atom stereocenters. The van der Waals surface area contributed by atoms with Crippen molar-refractivity contribution in [3.8, 4) is 22.9 Å². The molecule has 6 nitrogen and oxygen atoms in total. The van der Waals surface area contributed by atoms with Crippen molar-refractivity contribution in [2.45, 2.75) is 0 Å². The average Bonchev–Trinajstić information content (AvgIpc) is 3.57. The smallest absolute Gasteiger partial charge is 0.235 e. The van der Waals surface area contributed by atoms with Gasteiger partial charge in [0.25, 0.3) is 0 Å². The molecular weight excluding hydrogens is 516 g/mol. The van der Waals surface area contributed by atoms with E-state index >= 15 is 0 Å². The minimum absolute atomic E-state index is 0.608. The van der Waals surface area contributed by atoms with Crippen LogP contribution in [0.2, 0.25) is 0 Å². The van der Waals surface area contributed by atoms with Crippen molar-refractivity contribution in [3.63, 3.8) is 0 Å². The summed E-state index contributed by atoms with van der Waals surface area (Å²) in [5.41, 5.74) is 8.97. The van der Waals surface area contributed by atoms with Crippen LogP contribution in [0.4, 0.5) is 0 Å². The molecule has 4 heterocycles. The molecule has 0 aliphatic rings. The van der Waals surface area contributed by atoms with Crippen LogP contribution in [0.5, 0.6) is 0 Å². The molecule has 0 radical (unpaired) electrons. The summed E-state index contributed by atoms with van der Waals surface area (Å²) in [4.78, 5) is 19.3. The Morgan fingerprint density at radius 1 is 0.452 bits per heavy atom. The molecule has 4 aromatic heterocycles. The third-order valence-electron chi connectivity index (χ3n) is 8.08. The van der Waals surface area contributed by atoms with Gasteiger partial charge in [0.2, 0.25) is 5.95 Å². The zero-order chi connectivity index (χ0) is 27.6. The van der Waals surface area contributed by atoms with E-state index in [1.54, 1.807) is 12.4 Å². The lowest BCUT2D eigenvalue weighted by molar-refractivity contribution is 0.991. The summed E-state index contributed by atoms with van der Waals surface area (Å²) in [6.45, 7) is 0. The first kappa shape index (κ1) is 22.9. The van der Waals surface area contributed by atoms with E-state index in [2.05, 4.69) is 110 Å². The number of para-hydroxylation sites is 2. The molecule has 196 valence electrons. The van der Waals surface area contributed by atoms with Gasteiger partial charge in [0.15, 0.2) is 0 Å². The van der Waals surface area contributed by atoms with Gasteiger partial charge in [-0.1, -0.05) is 78.9 Å². The normalized spacial score (nSPS) is 11.8. The number of hydrogen-bond donors (Lipinski definition) is 0. The Morgan fingerprint density at radius 2 is 1.12 bits per heavy atom. The van der Waals surface area contributed by atoms with Gasteiger partial charge in [-0.25, -0.2) is 9.97 Å². The fourth-order valence-corrected chi connectivity index (χ4v) is 6.28. The summed E-state index contributed by atoms with van der Waals surface area (Å²) in [7, 11) is 0. The molecule has 0 saturated heterocycles. The Labute approximate surface area is 240 Å². The molecule has 42 heavy (non-hydrogen) atoms. The van der Waals surface area contributed by atoms with Crippen molar-refractivity contribution in [1.82, 2.24) is 29.1 Å². The van der Waals surface area contributed by atoms with Crippen molar-refractivity contribution in [1.29, 1.82) is 0 Å². The second-order valence-corrected chi connectivity index (χ2v) is 10.4. The van der Waals surface area contributed by atoms with Gasteiger partial charge in [0, 0.05) is 51.4 Å². The molecule has 0 unspecified atom stereocenters. The highest BCUT2D eigenvalue weighted by Crippen LogP contribution is 2.42. The van der Waals surface area contributed by atoms with Crippen LogP contribution < -0.4 is 0 Å². The van der Waals surface area contributed by atoms with Gasteiger partial charge in [-0.2, -0.15) is 0 Å². The summed E-state index contributed by atoms with van der Waals surface area (Å²) in [5.74, 6) is 0.608. The highest BCUT2D eigenvalue weighted by atomic mass is 15.2. The molecular formula is C36H22N6. The molecule has 0 spiro atoms. The second-order valence-electron chi connectivity index (χ2n) is 10.4. The lowest BCUT2D eigenvalue weighted by Gasteiger charge is -2.12. The Balaban J connectivity index is 1.51. The molecule has 0 bridgehead atoms. The number of rotatable bonds is 3. The van der Waals surface area contributed by atoms with Crippen LogP contribution >= 0.6 is 0 Å². The van der Waals surface area contributed by atoms with E-state index in [9.17, 15) is 0 Å². The number of nitrogens with zero attached hydrogens (tertiary/aromatic N) is 6. The van der Waals surface area contributed by atoms with Crippen LogP contribution in [0.1, 0.15) is 0 Å². The first-order chi connectivity index (χ1) is 20.8. The molecule has 0 fully saturated rings. The predicted molar refractivity (Wildman–Crippen MR) is 169 cm³/mol. The first-order valence-corrected chi connectivity index (χ1v) is 13.9. The Bertz CT molecular complexity index is 2460. The maximum atomic E-state index is 5.14. The molecule has 0 N–H and O–H groups in total. The average molecular weight is 539 g/mol. The van der Waals surface area contributed by atoms with E-state index in [1.807, 2.05) is 30.5 Å². The van der Waals surface area contributed by atoms with Crippen molar-refractivity contribution in [3.05, 3.63) is 134 Å². The van der Waals surface area contributed by atoms with Crippen LogP contribution in [0.3, 0.4) is 0 Å². The fraction of sp³-hybridized carbons (Fsp3) is 0. The van der Waals surface area contributed by atoms with Gasteiger partial charge >= 0.3 is 0 Å². The van der Waals surface area contributed by atoms with Gasteiger partial charge in [0.05, 0.1) is 38.8 Å². The zero-order valence-electron chi connectivity index (χ0n) is 22.4. The van der Waals surface area contributed by atoms with Gasteiger partial charge < -0.3 is 4.57 Å². The van der Waals surface area contributed by atoms with Crippen molar-refractivity contribution >= 4 is 54.6 Å². The van der Waals surface area contributed by atoms with Gasteiger partial charge in [-0.05, 0) is 36.4 Å². The van der Waals surface area contributed by atoms with Crippen LogP contribution in [-0.4, -0.2) is 29.1 Å². The van der Waals surface area contributed by atoms with Gasteiger partial charge in [0.1, 0.15) is 0 Å². The summed E-state index contributed by atoms with van der Waals surface area (Å²) in [5, 5.41) is 4.56. The molecule has 6 heteroatoms. The summed E-state index contributed by atoms with van der Waals surface area (Å²) < 4.78 is 4.56. The van der Waals surface area contributed by atoms with Crippen LogP contribution in [-0.2, 0) is 0 Å². The first-order valence-electron chi connectivity index (χ1n) is 13.9. The fourth-order valence-electron chi connectivity index (χ4n) is 6.28. The Morgan fingerprint density at radius 3 is 1.93 bits per heavy atom. The third-order valence-corrected chi connectivity index (χ3v) is 8.08. The topological polar surface area (TPSA) is 61.4 Å². The lowest BCUT2D eigenvalue weighted by Crippen LogP contribution is -2.03. The number of fused-ring (bicyclic) bond motifs is 8. The number of aromatic nitrogens is 6. The highest BCUT2D eigenvalue weighted by molar-refractivity contribution is 6.24. The summed E-state index contributed by atoms with van der Waals surface area (Å²) in [6, 6.07) is 40.0. The predicted octanol–water partition coefficient (Wildman–Crippen LogP) is 8.28. The molecule has 0 saturated carbocycles. The van der Waals surface area contributed by atoms with Gasteiger partial charge in [-0.15, -0.1) is 0 Å². The van der Waals surface area contributed by atoms with E-state index in [0.29, 0.717) is 5.95 Å². The standard InChI is InChI=1S/C36H22N6/c1-3-9-23(10-4-1)29-17-18-39-36(40-29)42-33-22-31-30(37-19-20-38-31)21-28(33)27-16-15-26-25-13-7-8-14-32(25)41(34(26)35(27)42)24-11-5-2-6-12-24/h1-22H. The molecule has 0 aliphatic heterocycles. The lowest BCUT2D eigenvalue weighted by atomic mass is 10.1. The molecule has 9 rings (SSSR count). The SMILES string of the molecule is c1ccc(-c2ccnc(-n3c4cc5nccnc5cc4c4ccc5c6ccccc6n(-c6ccccc6)c5c43)n2)cc1. The Hall–Kier alpha value is -5.88. The van der Waals surface area contributed by atoms with Crippen LogP contribution in [0.15, 0.2) is 134 Å². The van der Waals surface area contributed by atoms with E-state index in [-0.39, 0.29) is 0 Å². The van der Waals surface area contributed by atoms with Gasteiger partial charge in [-0.3, -0.25) is 14.5 Å². The molecule has 9 aromatic rings. The van der Waals surface area contributed by atoms with Crippen LogP contribution in [0, 0.1) is 0 Å². The highest BCUT2D eigenvalue weighted by Gasteiger charge is 2.23. The van der Waals surface area contributed by atoms with Crippen molar-refractivity contribution in [2.75, 3.05) is 0 Å². The van der Waals surface area contributed by atoms with E-state index in [1.165, 1.54) is 10.8 Å². The molecule has 0 amide bonds. The maximum absolute atomic E-state index is 5.14. The summed E-state index contributed by atoms with van der Waals surface area (Å²) in [6.07, 6.45) is 5.32. The van der Waals surface area contributed by atoms with E-state index in [0.717, 1.165) is 60.8 Å². The molecule has 5 aromatic carbocycles. The summed E-state index contributed by atoms with van der Waals surface area (Å²) >= 11 is 0. The van der Waals surface area contributed by atoms with E-state index < -0.39 is 0 Å². The van der Waals surface area contributed by atoms with Crippen LogP contribution in [0.25, 0.3) is 77.5 Å². The largest absolute Gasteiger partial charge is 0.307 e. The zero-order valence-corrected chi connectivity index (χ0v) is 22.4. The second kappa shape index (κ2) is 8.81. The minimum atomic E-state index is 0.608. The minimum Gasteiger partial charge on any atom is -0.307 e. The van der Waals surface area contributed by atoms with E-state index in [4.69, 9.17) is 9.97 Å². The monoisotopic (exact) mass is 538 g/mol. The third kappa shape index (κ3) is 3.26. The number of hydrogen-bond acceptors (Lipinski definition) is 4. The quantitative estimate of drug-likeness (QED) is 0.227. The Kier molecular flexibility index (Phi) is 4.80. The molecule has 0 aliphatic carbocycles. The van der Waals surface area contributed by atoms with Crippen molar-refractivity contribution in [2.24, 2.45) is 0 Å². The van der Waals surface area contributed by atoms with Crippen molar-refractivity contribution < 1.29 is 0 Å². The maximum Gasteiger partial charge on any atom is 0.235 e.